The number of thiophene rings is 1. The fourth-order valence-electron chi connectivity index (χ4n) is 6.58. The maximum atomic E-state index is 9.61. The van der Waals surface area contributed by atoms with Gasteiger partial charge in [-0.3, -0.25) is 4.57 Å². The molecule has 0 fully saturated rings. The third-order valence-corrected chi connectivity index (χ3v) is 9.90. The molecule has 0 aliphatic heterocycles. The first-order valence-electron chi connectivity index (χ1n) is 23.6. The summed E-state index contributed by atoms with van der Waals surface area (Å²) in [4.78, 5) is 14.1. The lowest BCUT2D eigenvalue weighted by Crippen LogP contribution is -2.06. The van der Waals surface area contributed by atoms with E-state index in [0.29, 0.717) is 11.0 Å². The van der Waals surface area contributed by atoms with Gasteiger partial charge in [-0.15, -0.1) is 11.3 Å². The van der Waals surface area contributed by atoms with Crippen molar-refractivity contribution >= 4 is 75.3 Å². The molecule has 0 aliphatic carbocycles. The largest absolute Gasteiger partial charge is 0.456 e. The molecule has 4 aromatic heterocycles. The predicted molar refractivity (Wildman–Crippen MR) is 211 cm³/mol. The van der Waals surface area contributed by atoms with Gasteiger partial charge in [-0.05, 0) is 53.5 Å². The van der Waals surface area contributed by atoms with E-state index in [-0.39, 0.29) is 16.7 Å². The second-order valence-electron chi connectivity index (χ2n) is 11.6. The second-order valence-corrected chi connectivity index (χ2v) is 12.7. The number of benzene rings is 7. The fraction of sp³-hybridized carbons (Fsp3) is 0. The minimum Gasteiger partial charge on any atom is -0.456 e. The Bertz CT molecular complexity index is 4030. The smallest absolute Gasteiger partial charge is 0.238 e. The van der Waals surface area contributed by atoms with Crippen molar-refractivity contribution in [3.05, 3.63) is 157 Å². The van der Waals surface area contributed by atoms with Gasteiger partial charge in [0.1, 0.15) is 11.2 Å². The molecule has 0 radical (unpaired) electrons. The zero-order chi connectivity index (χ0) is 47.4. The summed E-state index contributed by atoms with van der Waals surface area (Å²) < 4.78 is 150. The minimum atomic E-state index is -0.745. The van der Waals surface area contributed by atoms with Crippen molar-refractivity contribution in [2.75, 3.05) is 0 Å². The lowest BCUT2D eigenvalue weighted by molar-refractivity contribution is 0.669. The van der Waals surface area contributed by atoms with E-state index in [4.69, 9.17) is 32.2 Å². The van der Waals surface area contributed by atoms with Gasteiger partial charge < -0.3 is 4.42 Å². The standard InChI is InChI=1S/C45H26N4OS/c1-3-12-27(13-4-1)30-18-11-20-38-42(30)33-23-22-29(24-39(33)50-38)44-46-43(28-14-5-2-6-15-28)47-45(48-44)49-36-19-9-7-16-31(36)34-25-35-32-17-8-10-21-40(32)51-41(35)26-37(34)49/h1-26H/i1D,2D,3D,4D,5D,6D,11D,12D,13D,14D,15D,18D,20D,22D,23D,24D. The zero-order valence-corrected chi connectivity index (χ0v) is 26.7. The van der Waals surface area contributed by atoms with Crippen LogP contribution in [0.25, 0.3) is 104 Å². The first-order valence-corrected chi connectivity index (χ1v) is 16.5. The molecule has 7 aromatic carbocycles. The number of furan rings is 1. The van der Waals surface area contributed by atoms with Gasteiger partial charge in [0, 0.05) is 52.8 Å². The third kappa shape index (κ3) is 4.37. The average Bonchev–Trinajstić information content (AvgIpc) is 4.00. The molecule has 11 aromatic rings. The molecule has 51 heavy (non-hydrogen) atoms. The van der Waals surface area contributed by atoms with Crippen LogP contribution in [0.15, 0.2) is 162 Å². The molecule has 0 spiro atoms. The Hall–Kier alpha value is -6.63. The molecule has 0 aliphatic rings. The van der Waals surface area contributed by atoms with Crippen LogP contribution in [-0.4, -0.2) is 19.5 Å². The van der Waals surface area contributed by atoms with Gasteiger partial charge >= 0.3 is 0 Å². The van der Waals surface area contributed by atoms with Crippen molar-refractivity contribution in [2.45, 2.75) is 0 Å². The van der Waals surface area contributed by atoms with E-state index in [1.807, 2.05) is 54.6 Å². The molecule has 0 unspecified atom stereocenters. The number of fused-ring (bicyclic) bond motifs is 9. The highest BCUT2D eigenvalue weighted by Crippen LogP contribution is 2.41. The van der Waals surface area contributed by atoms with Gasteiger partial charge in [0.15, 0.2) is 11.6 Å². The summed E-state index contributed by atoms with van der Waals surface area (Å²) in [6.07, 6.45) is 0. The summed E-state index contributed by atoms with van der Waals surface area (Å²) in [7, 11) is 0. The third-order valence-electron chi connectivity index (χ3n) is 8.76. The lowest BCUT2D eigenvalue weighted by Gasteiger charge is -2.11. The van der Waals surface area contributed by atoms with Gasteiger partial charge in [0.05, 0.1) is 33.0 Å². The molecular formula is C45H26N4OS. The molecule has 0 amide bonds. The number of hydrogen-bond donors (Lipinski definition) is 0. The van der Waals surface area contributed by atoms with Crippen LogP contribution >= 0.6 is 11.3 Å². The summed E-state index contributed by atoms with van der Waals surface area (Å²) in [6, 6.07) is 8.37. The van der Waals surface area contributed by atoms with Crippen molar-refractivity contribution in [2.24, 2.45) is 0 Å². The van der Waals surface area contributed by atoms with Crippen molar-refractivity contribution in [3.63, 3.8) is 0 Å². The summed E-state index contributed by atoms with van der Waals surface area (Å²) >= 11 is 1.57. The number of rotatable bonds is 4. The summed E-state index contributed by atoms with van der Waals surface area (Å²) in [5.74, 6) is -0.996. The van der Waals surface area contributed by atoms with Crippen LogP contribution in [0.1, 0.15) is 21.9 Å². The molecule has 0 atom stereocenters. The summed E-state index contributed by atoms with van der Waals surface area (Å²) in [5, 5.41) is 3.04. The molecule has 0 bridgehead atoms. The zero-order valence-electron chi connectivity index (χ0n) is 41.9. The van der Waals surface area contributed by atoms with Crippen LogP contribution in [0.3, 0.4) is 0 Å². The Morgan fingerprint density at radius 3 is 2.12 bits per heavy atom. The molecule has 11 rings (SSSR count). The van der Waals surface area contributed by atoms with Gasteiger partial charge in [0.25, 0.3) is 0 Å². The molecule has 6 heteroatoms. The maximum Gasteiger partial charge on any atom is 0.238 e. The van der Waals surface area contributed by atoms with Gasteiger partial charge in [-0.25, -0.2) is 4.98 Å². The van der Waals surface area contributed by atoms with E-state index in [2.05, 4.69) is 11.1 Å². The summed E-state index contributed by atoms with van der Waals surface area (Å²) in [5.41, 5.74) is -1.47. The van der Waals surface area contributed by atoms with E-state index in [9.17, 15) is 4.11 Å². The lowest BCUT2D eigenvalue weighted by atomic mass is 9.99. The van der Waals surface area contributed by atoms with Gasteiger partial charge in [-0.2, -0.15) is 9.97 Å². The van der Waals surface area contributed by atoms with E-state index < -0.39 is 142 Å². The van der Waals surface area contributed by atoms with Crippen molar-refractivity contribution in [1.82, 2.24) is 19.5 Å². The SMILES string of the molecule is [2H]c1c([2H])c([2H])c(-c2nc(-c3c([2H])c([2H])c4c(oc5c([2H])c([2H])c([2H])c(-c6c([2H])c([2H])c([2H])c([2H])c6[2H])c54)c3[2H])nc(-n3c4ccccc4c4cc5c(cc43)sc3ccccc35)n2)c([2H])c1[2H]. The monoisotopic (exact) mass is 686 g/mol. The first-order chi connectivity index (χ1) is 31.9. The molecule has 4 heterocycles. The van der Waals surface area contributed by atoms with Crippen LogP contribution in [-0.2, 0) is 0 Å². The van der Waals surface area contributed by atoms with Crippen LogP contribution in [0.4, 0.5) is 0 Å². The number of hydrogen-bond acceptors (Lipinski definition) is 5. The topological polar surface area (TPSA) is 56.7 Å². The highest BCUT2D eigenvalue weighted by atomic mass is 32.1. The highest BCUT2D eigenvalue weighted by Gasteiger charge is 2.20. The normalized spacial score (nSPS) is 16.3. The second kappa shape index (κ2) is 10.9. The molecule has 238 valence electrons. The molecular weight excluding hydrogens is 645 g/mol. The first kappa shape index (κ1) is 16.9. The quantitative estimate of drug-likeness (QED) is 0.185. The maximum absolute atomic E-state index is 9.61. The number of para-hydroxylation sites is 1. The van der Waals surface area contributed by atoms with Crippen LogP contribution < -0.4 is 0 Å². The molecule has 0 saturated heterocycles. The van der Waals surface area contributed by atoms with E-state index in [0.717, 1.165) is 30.9 Å². The van der Waals surface area contributed by atoms with Gasteiger partial charge in [-0.1, -0.05) is 115 Å². The number of aromatic nitrogens is 4. The van der Waals surface area contributed by atoms with Crippen LogP contribution in [0, 0.1) is 0 Å². The van der Waals surface area contributed by atoms with Crippen LogP contribution in [0.5, 0.6) is 0 Å². The minimum absolute atomic E-state index is 0.136. The van der Waals surface area contributed by atoms with E-state index in [1.165, 1.54) is 0 Å². The van der Waals surface area contributed by atoms with Crippen LogP contribution in [0.2, 0.25) is 0 Å². The van der Waals surface area contributed by atoms with Crippen molar-refractivity contribution in [1.29, 1.82) is 0 Å². The Balaban J connectivity index is 1.26. The Morgan fingerprint density at radius 1 is 0.529 bits per heavy atom. The molecule has 5 nitrogen and oxygen atoms in total. The predicted octanol–water partition coefficient (Wildman–Crippen LogP) is 12.2. The Labute approximate surface area is 318 Å². The number of nitrogens with zero attached hydrogens (tertiary/aromatic N) is 4. The fourth-order valence-corrected chi connectivity index (χ4v) is 7.70. The molecule has 0 saturated carbocycles. The van der Waals surface area contributed by atoms with Gasteiger partial charge in [0.2, 0.25) is 5.95 Å². The Kier molecular flexibility index (Phi) is 3.61. The van der Waals surface area contributed by atoms with E-state index in [1.54, 1.807) is 15.9 Å². The average molecular weight is 687 g/mol. The van der Waals surface area contributed by atoms with Crippen molar-refractivity contribution < 1.29 is 26.3 Å². The Morgan fingerprint density at radius 2 is 1.27 bits per heavy atom. The highest BCUT2D eigenvalue weighted by molar-refractivity contribution is 7.25. The van der Waals surface area contributed by atoms with Crippen molar-refractivity contribution in [3.8, 4) is 39.9 Å². The molecule has 0 N–H and O–H groups in total. The summed E-state index contributed by atoms with van der Waals surface area (Å²) in [6.45, 7) is 0. The van der Waals surface area contributed by atoms with E-state index >= 15 is 0 Å².